The molecule has 3 aromatic carbocycles. The largest absolute Gasteiger partial charge is 0.336 e. The zero-order valence-electron chi connectivity index (χ0n) is 24.5. The molecule has 44 heavy (non-hydrogen) atoms. The maximum Gasteiger partial charge on any atom is 0.247 e. The van der Waals surface area contributed by atoms with E-state index in [4.69, 9.17) is 0 Å². The van der Waals surface area contributed by atoms with Crippen molar-refractivity contribution in [3.8, 4) is 11.3 Å². The molecule has 0 aliphatic carbocycles. The molecule has 0 unspecified atom stereocenters. The van der Waals surface area contributed by atoms with Crippen LogP contribution < -0.4 is 0 Å². The van der Waals surface area contributed by atoms with E-state index in [2.05, 4.69) is 27.3 Å². The second kappa shape index (κ2) is 13.6. The van der Waals surface area contributed by atoms with E-state index in [0.717, 1.165) is 44.9 Å². The third kappa shape index (κ3) is 6.82. The number of benzene rings is 3. The van der Waals surface area contributed by atoms with Gasteiger partial charge >= 0.3 is 0 Å². The van der Waals surface area contributed by atoms with Gasteiger partial charge in [-0.1, -0.05) is 78.9 Å². The highest BCUT2D eigenvalue weighted by molar-refractivity contribution is 7.10. The first-order valence-electron chi connectivity index (χ1n) is 14.7. The third-order valence-electron chi connectivity index (χ3n) is 7.99. The van der Waals surface area contributed by atoms with Crippen LogP contribution in [0.2, 0.25) is 0 Å². The molecule has 0 radical (unpaired) electrons. The number of nitrogens with zero attached hydrogens (tertiary/aromatic N) is 5. The number of carbonyl (C=O) groups is 2. The second-order valence-corrected chi connectivity index (χ2v) is 11.8. The maximum atomic E-state index is 14.5. The minimum Gasteiger partial charge on any atom is -0.336 e. The van der Waals surface area contributed by atoms with E-state index < -0.39 is 6.04 Å². The number of aromatic nitrogens is 3. The number of fused-ring (bicyclic) bond motifs is 1. The van der Waals surface area contributed by atoms with Crippen molar-refractivity contribution >= 4 is 29.2 Å². The molecule has 220 valence electrons. The molecule has 0 bridgehead atoms. The minimum absolute atomic E-state index is 0.0461. The van der Waals surface area contributed by atoms with Crippen molar-refractivity contribution in [3.63, 3.8) is 0 Å². The predicted molar refractivity (Wildman–Crippen MR) is 173 cm³/mol. The molecule has 8 heteroatoms. The van der Waals surface area contributed by atoms with Crippen LogP contribution in [0.15, 0.2) is 109 Å². The predicted octanol–water partition coefficient (Wildman–Crippen LogP) is 6.15. The molecule has 6 rings (SSSR count). The minimum atomic E-state index is -0.693. The van der Waals surface area contributed by atoms with Crippen molar-refractivity contribution in [1.29, 1.82) is 0 Å². The Kier molecular flexibility index (Phi) is 8.98. The van der Waals surface area contributed by atoms with E-state index in [1.54, 1.807) is 28.8 Å². The van der Waals surface area contributed by atoms with Crippen LogP contribution in [0, 0.1) is 6.92 Å². The standard InChI is InChI=1S/C36H33N5O2S/c1-26-34(44-25-37-26)17-18-35(42)41(23-28-13-15-30(16-14-28)32-12-7-20-38-39-32)33(22-27-8-3-2-4-9-27)36(43)40-21-19-29-10-5-6-11-31(29)24-40/h2-18,20,25,33H,19,21-24H2,1H3/t33-/m0/s1. The van der Waals surface area contributed by atoms with E-state index in [9.17, 15) is 9.59 Å². The summed E-state index contributed by atoms with van der Waals surface area (Å²) in [4.78, 5) is 37.4. The normalized spacial score (nSPS) is 13.4. The van der Waals surface area contributed by atoms with Gasteiger partial charge in [-0.25, -0.2) is 4.98 Å². The Balaban J connectivity index is 1.34. The summed E-state index contributed by atoms with van der Waals surface area (Å²) in [6.45, 7) is 3.35. The van der Waals surface area contributed by atoms with Gasteiger partial charge in [-0.15, -0.1) is 11.3 Å². The van der Waals surface area contributed by atoms with Crippen molar-refractivity contribution in [2.45, 2.75) is 38.9 Å². The molecule has 3 heterocycles. The molecule has 2 amide bonds. The van der Waals surface area contributed by atoms with Gasteiger partial charge in [0, 0.05) is 48.8 Å². The van der Waals surface area contributed by atoms with Crippen molar-refractivity contribution in [1.82, 2.24) is 25.0 Å². The van der Waals surface area contributed by atoms with E-state index in [1.165, 1.54) is 16.9 Å². The van der Waals surface area contributed by atoms with E-state index >= 15 is 0 Å². The molecule has 5 aromatic rings. The monoisotopic (exact) mass is 599 g/mol. The number of amides is 2. The van der Waals surface area contributed by atoms with Crippen LogP contribution in [-0.2, 0) is 35.5 Å². The average Bonchev–Trinajstić information content (AvgIpc) is 3.50. The Labute approximate surface area is 261 Å². The summed E-state index contributed by atoms with van der Waals surface area (Å²) in [5.74, 6) is -0.266. The summed E-state index contributed by atoms with van der Waals surface area (Å²) < 4.78 is 0. The highest BCUT2D eigenvalue weighted by Gasteiger charge is 2.34. The molecule has 1 aliphatic rings. The van der Waals surface area contributed by atoms with E-state index in [1.807, 2.05) is 90.7 Å². The Morgan fingerprint density at radius 3 is 2.43 bits per heavy atom. The summed E-state index contributed by atoms with van der Waals surface area (Å²) in [5, 5.41) is 8.20. The lowest BCUT2D eigenvalue weighted by Crippen LogP contribution is -2.52. The lowest BCUT2D eigenvalue weighted by Gasteiger charge is -2.37. The van der Waals surface area contributed by atoms with Gasteiger partial charge < -0.3 is 9.80 Å². The lowest BCUT2D eigenvalue weighted by molar-refractivity contribution is -0.144. The van der Waals surface area contributed by atoms with Gasteiger partial charge in [0.1, 0.15) is 6.04 Å². The van der Waals surface area contributed by atoms with Crippen molar-refractivity contribution in [2.75, 3.05) is 6.54 Å². The smallest absolute Gasteiger partial charge is 0.247 e. The second-order valence-electron chi connectivity index (χ2n) is 10.9. The zero-order chi connectivity index (χ0) is 30.3. The van der Waals surface area contributed by atoms with Crippen LogP contribution in [-0.4, -0.2) is 49.4 Å². The molecule has 1 aliphatic heterocycles. The molecule has 0 saturated heterocycles. The molecule has 0 saturated carbocycles. The van der Waals surface area contributed by atoms with Gasteiger partial charge in [0.2, 0.25) is 11.8 Å². The molecule has 7 nitrogen and oxygen atoms in total. The van der Waals surface area contributed by atoms with Crippen LogP contribution in [0.1, 0.15) is 32.8 Å². The van der Waals surface area contributed by atoms with Gasteiger partial charge in [-0.05, 0) is 53.8 Å². The van der Waals surface area contributed by atoms with Crippen LogP contribution >= 0.6 is 11.3 Å². The van der Waals surface area contributed by atoms with E-state index in [-0.39, 0.29) is 18.4 Å². The SMILES string of the molecule is Cc1ncsc1C=CC(=O)N(Cc1ccc(-c2cccnn2)cc1)[C@@H](Cc1ccccc1)C(=O)N1CCc2ccccc2C1. The highest BCUT2D eigenvalue weighted by atomic mass is 32.1. The fourth-order valence-electron chi connectivity index (χ4n) is 5.55. The van der Waals surface area contributed by atoms with Crippen molar-refractivity contribution < 1.29 is 9.59 Å². The summed E-state index contributed by atoms with van der Waals surface area (Å²) >= 11 is 1.49. The zero-order valence-corrected chi connectivity index (χ0v) is 25.4. The summed E-state index contributed by atoms with van der Waals surface area (Å²) in [7, 11) is 0. The summed E-state index contributed by atoms with van der Waals surface area (Å²) in [5.41, 5.74) is 8.70. The van der Waals surface area contributed by atoms with Gasteiger partial charge in [0.05, 0.1) is 16.9 Å². The summed E-state index contributed by atoms with van der Waals surface area (Å²) in [6, 6.07) is 29.2. The van der Waals surface area contributed by atoms with Crippen molar-refractivity contribution in [2.24, 2.45) is 0 Å². The molecule has 0 spiro atoms. The maximum absolute atomic E-state index is 14.5. The summed E-state index contributed by atoms with van der Waals surface area (Å²) in [6.07, 6.45) is 6.23. The lowest BCUT2D eigenvalue weighted by atomic mass is 9.97. The molecule has 2 aromatic heterocycles. The number of hydrogen-bond donors (Lipinski definition) is 0. The number of aryl methyl sites for hydroxylation is 1. The van der Waals surface area contributed by atoms with E-state index in [0.29, 0.717) is 19.5 Å². The van der Waals surface area contributed by atoms with Crippen molar-refractivity contribution in [3.05, 3.63) is 142 Å². The Hall–Kier alpha value is -4.95. The fourth-order valence-corrected chi connectivity index (χ4v) is 6.25. The Morgan fingerprint density at radius 1 is 0.932 bits per heavy atom. The van der Waals surface area contributed by atoms with Gasteiger partial charge in [-0.3, -0.25) is 9.59 Å². The molecule has 0 N–H and O–H groups in total. The van der Waals surface area contributed by atoms with Crippen LogP contribution in [0.4, 0.5) is 0 Å². The molecule has 1 atom stereocenters. The number of carbonyl (C=O) groups excluding carboxylic acids is 2. The average molecular weight is 600 g/mol. The number of thiazole rings is 1. The topological polar surface area (TPSA) is 79.3 Å². The first-order chi connectivity index (χ1) is 21.5. The van der Waals surface area contributed by atoms with Gasteiger partial charge in [-0.2, -0.15) is 10.2 Å². The molecule has 0 fully saturated rings. The Morgan fingerprint density at radius 2 is 1.70 bits per heavy atom. The Bertz CT molecular complexity index is 1750. The van der Waals surface area contributed by atoms with Crippen LogP contribution in [0.3, 0.4) is 0 Å². The number of hydrogen-bond acceptors (Lipinski definition) is 6. The van der Waals surface area contributed by atoms with Gasteiger partial charge in [0.25, 0.3) is 0 Å². The fraction of sp³-hybridized carbons (Fsp3) is 0.194. The van der Waals surface area contributed by atoms with Crippen LogP contribution in [0.5, 0.6) is 0 Å². The first kappa shape index (κ1) is 29.1. The van der Waals surface area contributed by atoms with Crippen LogP contribution in [0.25, 0.3) is 17.3 Å². The highest BCUT2D eigenvalue weighted by Crippen LogP contribution is 2.24. The third-order valence-corrected chi connectivity index (χ3v) is 8.89. The molecular weight excluding hydrogens is 566 g/mol. The molecular formula is C36H33N5O2S. The van der Waals surface area contributed by atoms with Gasteiger partial charge in [0.15, 0.2) is 0 Å². The quantitative estimate of drug-likeness (QED) is 0.190. The number of rotatable bonds is 9. The first-order valence-corrected chi connectivity index (χ1v) is 15.6.